The predicted octanol–water partition coefficient (Wildman–Crippen LogP) is 2.67. The molecule has 1 aromatic heterocycles. The van der Waals surface area contributed by atoms with Crippen molar-refractivity contribution in [3.05, 3.63) is 45.9 Å². The summed E-state index contributed by atoms with van der Waals surface area (Å²) in [6.45, 7) is 4.76. The first kappa shape index (κ1) is 16.5. The van der Waals surface area contributed by atoms with E-state index in [-0.39, 0.29) is 11.9 Å². The Labute approximate surface area is 134 Å². The molecule has 3 N–H and O–H groups in total. The van der Waals surface area contributed by atoms with Gasteiger partial charge >= 0.3 is 0 Å². The molecule has 1 heterocycles. The first-order valence-electron chi connectivity index (χ1n) is 7.29. The third kappa shape index (κ3) is 4.05. The van der Waals surface area contributed by atoms with E-state index in [1.807, 2.05) is 37.4 Å². The van der Waals surface area contributed by atoms with Crippen LogP contribution in [0.1, 0.15) is 40.3 Å². The summed E-state index contributed by atoms with van der Waals surface area (Å²) in [6, 6.07) is 5.47. The van der Waals surface area contributed by atoms with E-state index in [1.165, 1.54) is 0 Å². The minimum Gasteiger partial charge on any atom is -0.491 e. The van der Waals surface area contributed by atoms with Crippen molar-refractivity contribution in [1.82, 2.24) is 10.3 Å². The van der Waals surface area contributed by atoms with E-state index < -0.39 is 0 Å². The number of carbonyl (C=O) groups excluding carboxylic acids is 1. The van der Waals surface area contributed by atoms with Gasteiger partial charge in [-0.2, -0.15) is 0 Å². The second kappa shape index (κ2) is 7.91. The van der Waals surface area contributed by atoms with Gasteiger partial charge in [-0.25, -0.2) is 4.98 Å². The molecule has 0 spiro atoms. The summed E-state index contributed by atoms with van der Waals surface area (Å²) >= 11 is 1.54. The fraction of sp³-hybridized carbons (Fsp3) is 0.375. The molecule has 22 heavy (non-hydrogen) atoms. The number of nitrogens with two attached hydrogens (primary N) is 1. The standard InChI is InChI=1S/C16H21N3O2S/c1-3-13(16-18-7-9-22-16)19-15(20)12-10-11(2)4-5-14(12)21-8-6-17/h4-5,7,9-10,13H,3,6,8,17H2,1-2H3,(H,19,20)/t13-/m0/s1. The minimum absolute atomic E-state index is 0.0876. The molecule has 5 nitrogen and oxygen atoms in total. The second-order valence-electron chi connectivity index (χ2n) is 4.94. The lowest BCUT2D eigenvalue weighted by Crippen LogP contribution is -2.28. The van der Waals surface area contributed by atoms with Crippen LogP contribution < -0.4 is 15.8 Å². The highest BCUT2D eigenvalue weighted by Crippen LogP contribution is 2.23. The van der Waals surface area contributed by atoms with Gasteiger partial charge in [-0.15, -0.1) is 11.3 Å². The molecular formula is C16H21N3O2S. The maximum atomic E-state index is 12.6. The van der Waals surface area contributed by atoms with Crippen LogP contribution in [0.2, 0.25) is 0 Å². The molecule has 1 atom stereocenters. The zero-order valence-corrected chi connectivity index (χ0v) is 13.7. The summed E-state index contributed by atoms with van der Waals surface area (Å²) in [4.78, 5) is 16.9. The summed E-state index contributed by atoms with van der Waals surface area (Å²) in [6.07, 6.45) is 2.53. The zero-order chi connectivity index (χ0) is 15.9. The molecule has 0 saturated heterocycles. The van der Waals surface area contributed by atoms with Gasteiger partial charge in [0.2, 0.25) is 0 Å². The number of hydrogen-bond donors (Lipinski definition) is 2. The summed E-state index contributed by atoms with van der Waals surface area (Å²) in [5.41, 5.74) is 7.00. The molecular weight excluding hydrogens is 298 g/mol. The van der Waals surface area contributed by atoms with Crippen molar-refractivity contribution >= 4 is 17.2 Å². The second-order valence-corrected chi connectivity index (χ2v) is 5.87. The average molecular weight is 319 g/mol. The molecule has 0 aliphatic rings. The molecule has 0 aliphatic heterocycles. The van der Waals surface area contributed by atoms with Gasteiger partial charge in [-0.05, 0) is 25.5 Å². The molecule has 2 rings (SSSR count). The number of thiazole rings is 1. The van der Waals surface area contributed by atoms with Crippen LogP contribution in [-0.2, 0) is 0 Å². The number of nitrogens with zero attached hydrogens (tertiary/aromatic N) is 1. The number of ether oxygens (including phenoxy) is 1. The van der Waals surface area contributed by atoms with Gasteiger partial charge in [0.25, 0.3) is 5.91 Å². The molecule has 1 aromatic carbocycles. The van der Waals surface area contributed by atoms with Crippen LogP contribution in [0, 0.1) is 6.92 Å². The van der Waals surface area contributed by atoms with Crippen molar-refractivity contribution in [1.29, 1.82) is 0 Å². The number of hydrogen-bond acceptors (Lipinski definition) is 5. The van der Waals surface area contributed by atoms with Crippen molar-refractivity contribution in [3.63, 3.8) is 0 Å². The normalized spacial score (nSPS) is 12.0. The van der Waals surface area contributed by atoms with Crippen LogP contribution in [0.4, 0.5) is 0 Å². The fourth-order valence-electron chi connectivity index (χ4n) is 2.10. The molecule has 2 aromatic rings. The van der Waals surface area contributed by atoms with Crippen molar-refractivity contribution < 1.29 is 9.53 Å². The number of nitrogens with one attached hydrogen (secondary N) is 1. The largest absolute Gasteiger partial charge is 0.491 e. The number of amides is 1. The Morgan fingerprint density at radius 3 is 2.95 bits per heavy atom. The molecule has 1 amide bonds. The summed E-state index contributed by atoms with van der Waals surface area (Å²) in [5.74, 6) is 0.403. The number of benzene rings is 1. The van der Waals surface area contributed by atoms with Gasteiger partial charge in [-0.1, -0.05) is 18.6 Å². The number of carbonyl (C=O) groups is 1. The molecule has 0 saturated carbocycles. The summed E-state index contributed by atoms with van der Waals surface area (Å²) < 4.78 is 5.57. The molecule has 0 radical (unpaired) electrons. The van der Waals surface area contributed by atoms with Crippen LogP contribution in [0.15, 0.2) is 29.8 Å². The van der Waals surface area contributed by atoms with E-state index in [1.54, 1.807) is 17.5 Å². The Morgan fingerprint density at radius 1 is 1.50 bits per heavy atom. The summed E-state index contributed by atoms with van der Waals surface area (Å²) in [7, 11) is 0. The molecule has 0 bridgehead atoms. The Balaban J connectivity index is 2.19. The predicted molar refractivity (Wildman–Crippen MR) is 88.3 cm³/mol. The maximum Gasteiger partial charge on any atom is 0.255 e. The molecule has 0 aliphatic carbocycles. The first-order chi connectivity index (χ1) is 10.7. The Kier molecular flexibility index (Phi) is 5.91. The van der Waals surface area contributed by atoms with Gasteiger partial charge in [0.15, 0.2) is 0 Å². The van der Waals surface area contributed by atoms with Crippen molar-refractivity contribution in [3.8, 4) is 5.75 Å². The number of aryl methyl sites for hydroxylation is 1. The molecule has 0 fully saturated rings. The Hall–Kier alpha value is -1.92. The van der Waals surface area contributed by atoms with Crippen LogP contribution >= 0.6 is 11.3 Å². The molecule has 6 heteroatoms. The molecule has 118 valence electrons. The fourth-order valence-corrected chi connectivity index (χ4v) is 2.87. The Morgan fingerprint density at radius 2 is 2.32 bits per heavy atom. The third-order valence-corrected chi connectivity index (χ3v) is 4.11. The van der Waals surface area contributed by atoms with Gasteiger partial charge in [-0.3, -0.25) is 4.79 Å². The third-order valence-electron chi connectivity index (χ3n) is 3.22. The average Bonchev–Trinajstić information content (AvgIpc) is 3.05. The minimum atomic E-state index is -0.155. The highest BCUT2D eigenvalue weighted by molar-refractivity contribution is 7.09. The van der Waals surface area contributed by atoms with E-state index >= 15 is 0 Å². The van der Waals surface area contributed by atoms with E-state index in [0.717, 1.165) is 17.0 Å². The van der Waals surface area contributed by atoms with E-state index in [9.17, 15) is 4.79 Å². The first-order valence-corrected chi connectivity index (χ1v) is 8.17. The highest BCUT2D eigenvalue weighted by Gasteiger charge is 2.19. The van der Waals surface area contributed by atoms with Gasteiger partial charge < -0.3 is 15.8 Å². The SMILES string of the molecule is CC[C@H](NC(=O)c1cc(C)ccc1OCCN)c1nccs1. The number of rotatable bonds is 7. The Bertz CT molecular complexity index is 614. The monoisotopic (exact) mass is 319 g/mol. The lowest BCUT2D eigenvalue weighted by atomic mass is 10.1. The van der Waals surface area contributed by atoms with Crippen LogP contribution in [0.25, 0.3) is 0 Å². The lowest BCUT2D eigenvalue weighted by molar-refractivity contribution is 0.0931. The van der Waals surface area contributed by atoms with Crippen LogP contribution in [-0.4, -0.2) is 24.0 Å². The van der Waals surface area contributed by atoms with Crippen molar-refractivity contribution in [2.24, 2.45) is 5.73 Å². The maximum absolute atomic E-state index is 12.6. The van der Waals surface area contributed by atoms with Gasteiger partial charge in [0.1, 0.15) is 17.4 Å². The smallest absolute Gasteiger partial charge is 0.255 e. The quantitative estimate of drug-likeness (QED) is 0.822. The lowest BCUT2D eigenvalue weighted by Gasteiger charge is -2.17. The van der Waals surface area contributed by atoms with E-state index in [2.05, 4.69) is 10.3 Å². The molecule has 0 unspecified atom stereocenters. The van der Waals surface area contributed by atoms with E-state index in [0.29, 0.717) is 24.5 Å². The van der Waals surface area contributed by atoms with E-state index in [4.69, 9.17) is 10.5 Å². The van der Waals surface area contributed by atoms with Crippen LogP contribution in [0.3, 0.4) is 0 Å². The zero-order valence-electron chi connectivity index (χ0n) is 12.8. The highest BCUT2D eigenvalue weighted by atomic mass is 32.1. The topological polar surface area (TPSA) is 77.2 Å². The van der Waals surface area contributed by atoms with Crippen molar-refractivity contribution in [2.45, 2.75) is 26.3 Å². The van der Waals surface area contributed by atoms with Crippen LogP contribution in [0.5, 0.6) is 5.75 Å². The van der Waals surface area contributed by atoms with Gasteiger partial charge in [0, 0.05) is 18.1 Å². The summed E-state index contributed by atoms with van der Waals surface area (Å²) in [5, 5.41) is 5.85. The van der Waals surface area contributed by atoms with Gasteiger partial charge in [0.05, 0.1) is 11.6 Å². The van der Waals surface area contributed by atoms with Crippen molar-refractivity contribution in [2.75, 3.05) is 13.2 Å². The number of aromatic nitrogens is 1.